The fourth-order valence-electron chi connectivity index (χ4n) is 1.92. The molecule has 0 aliphatic carbocycles. The van der Waals surface area contributed by atoms with Crippen molar-refractivity contribution in [1.82, 2.24) is 9.97 Å². The number of nitrogen functional groups attached to an aromatic ring is 1. The zero-order chi connectivity index (χ0) is 13.9. The molecule has 0 unspecified atom stereocenters. The molecule has 0 saturated heterocycles. The monoisotopic (exact) mass is 281 g/mol. The summed E-state index contributed by atoms with van der Waals surface area (Å²) in [4.78, 5) is 7.47. The Bertz CT molecular complexity index is 662. The van der Waals surface area contributed by atoms with E-state index in [2.05, 4.69) is 9.97 Å². The van der Waals surface area contributed by atoms with Gasteiger partial charge in [0, 0.05) is 12.1 Å². The molecule has 0 amide bonds. The number of unbranched alkanes of at least 4 members (excludes halogenated alkanes) is 1. The molecule has 5 nitrogen and oxygen atoms in total. The molecule has 1 aromatic heterocycles. The molecule has 0 aliphatic heterocycles. The molecule has 0 spiro atoms. The van der Waals surface area contributed by atoms with Crippen molar-refractivity contribution in [2.45, 2.75) is 26.2 Å². The predicted octanol–water partition coefficient (Wildman–Crippen LogP) is 1.90. The summed E-state index contributed by atoms with van der Waals surface area (Å²) in [7, 11) is -2.97. The number of sulfone groups is 1. The molecule has 0 atom stereocenters. The summed E-state index contributed by atoms with van der Waals surface area (Å²) >= 11 is 0. The maximum Gasteiger partial charge on any atom is 0.150 e. The molecule has 2 rings (SSSR count). The third kappa shape index (κ3) is 3.70. The summed E-state index contributed by atoms with van der Waals surface area (Å²) in [6.45, 7) is 1.99. The number of hydrogen-bond donors (Lipinski definition) is 2. The maximum atomic E-state index is 11.8. The number of anilines is 1. The lowest BCUT2D eigenvalue weighted by Crippen LogP contribution is -2.13. The van der Waals surface area contributed by atoms with Crippen molar-refractivity contribution < 1.29 is 8.42 Å². The standard InChI is InChI=1S/C13H19N3O2S/c1-2-3-7-19(17,18)8-6-13-15-11-5-4-10(14)9-12(11)16-13/h4-5,9H,2-3,6-8,14H2,1H3,(H,15,16). The molecule has 2 aromatic rings. The van der Waals surface area contributed by atoms with Crippen LogP contribution in [0.2, 0.25) is 0 Å². The molecule has 0 aliphatic rings. The molecule has 3 N–H and O–H groups in total. The quantitative estimate of drug-likeness (QED) is 0.791. The summed E-state index contributed by atoms with van der Waals surface area (Å²) in [5, 5.41) is 0. The molecule has 6 heteroatoms. The first-order valence-corrected chi connectivity index (χ1v) is 8.27. The van der Waals surface area contributed by atoms with E-state index in [-0.39, 0.29) is 11.5 Å². The van der Waals surface area contributed by atoms with Crippen molar-refractivity contribution in [2.75, 3.05) is 17.2 Å². The molecule has 0 saturated carbocycles. The fraction of sp³-hybridized carbons (Fsp3) is 0.462. The van der Waals surface area contributed by atoms with Gasteiger partial charge in [-0.25, -0.2) is 13.4 Å². The fourth-order valence-corrected chi connectivity index (χ4v) is 3.35. The van der Waals surface area contributed by atoms with Crippen LogP contribution in [0.1, 0.15) is 25.6 Å². The van der Waals surface area contributed by atoms with Gasteiger partial charge >= 0.3 is 0 Å². The van der Waals surface area contributed by atoms with E-state index >= 15 is 0 Å². The second-order valence-electron chi connectivity index (χ2n) is 4.72. The van der Waals surface area contributed by atoms with E-state index < -0.39 is 9.84 Å². The Balaban J connectivity index is 2.05. The minimum absolute atomic E-state index is 0.141. The van der Waals surface area contributed by atoms with E-state index in [0.717, 1.165) is 23.9 Å². The van der Waals surface area contributed by atoms with Gasteiger partial charge in [-0.1, -0.05) is 13.3 Å². The Morgan fingerprint density at radius 2 is 2.11 bits per heavy atom. The van der Waals surface area contributed by atoms with E-state index in [1.807, 2.05) is 13.0 Å². The number of hydrogen-bond acceptors (Lipinski definition) is 4. The second kappa shape index (κ2) is 5.61. The van der Waals surface area contributed by atoms with Crippen LogP contribution in [-0.2, 0) is 16.3 Å². The molecule has 104 valence electrons. The number of aryl methyl sites for hydroxylation is 1. The normalized spacial score (nSPS) is 12.1. The van der Waals surface area contributed by atoms with E-state index in [4.69, 9.17) is 5.73 Å². The van der Waals surface area contributed by atoms with Gasteiger partial charge in [-0.15, -0.1) is 0 Å². The van der Waals surface area contributed by atoms with Crippen LogP contribution in [0, 0.1) is 0 Å². The zero-order valence-corrected chi connectivity index (χ0v) is 11.8. The van der Waals surface area contributed by atoms with Gasteiger partial charge in [-0.3, -0.25) is 0 Å². The number of nitrogens with one attached hydrogen (secondary N) is 1. The molecule has 0 fully saturated rings. The summed E-state index contributed by atoms with van der Waals surface area (Å²) in [6.07, 6.45) is 2.03. The Morgan fingerprint density at radius 3 is 2.84 bits per heavy atom. The Morgan fingerprint density at radius 1 is 1.32 bits per heavy atom. The van der Waals surface area contributed by atoms with Crippen molar-refractivity contribution in [3.63, 3.8) is 0 Å². The third-order valence-electron chi connectivity index (χ3n) is 3.01. The number of aromatic nitrogens is 2. The molecule has 0 radical (unpaired) electrons. The second-order valence-corrected chi connectivity index (χ2v) is 7.02. The molecular weight excluding hydrogens is 262 g/mol. The average molecular weight is 281 g/mol. The number of aromatic amines is 1. The van der Waals surface area contributed by atoms with E-state index in [0.29, 0.717) is 17.9 Å². The average Bonchev–Trinajstić information content (AvgIpc) is 2.76. The Hall–Kier alpha value is -1.56. The van der Waals surface area contributed by atoms with Crippen molar-refractivity contribution in [2.24, 2.45) is 0 Å². The van der Waals surface area contributed by atoms with Crippen LogP contribution in [-0.4, -0.2) is 29.9 Å². The minimum Gasteiger partial charge on any atom is -0.399 e. The Labute approximate surface area is 113 Å². The smallest absolute Gasteiger partial charge is 0.150 e. The van der Waals surface area contributed by atoms with Gasteiger partial charge in [0.1, 0.15) is 5.82 Å². The van der Waals surface area contributed by atoms with Crippen LogP contribution in [0.15, 0.2) is 18.2 Å². The minimum atomic E-state index is -2.97. The lowest BCUT2D eigenvalue weighted by molar-refractivity contribution is 0.591. The third-order valence-corrected chi connectivity index (χ3v) is 4.75. The van der Waals surface area contributed by atoms with Crippen molar-refractivity contribution in [3.05, 3.63) is 24.0 Å². The maximum absolute atomic E-state index is 11.8. The summed E-state index contributed by atoms with van der Waals surface area (Å²) in [5.74, 6) is 1.10. The van der Waals surface area contributed by atoms with Gasteiger partial charge < -0.3 is 10.7 Å². The topological polar surface area (TPSA) is 88.8 Å². The first-order chi connectivity index (χ1) is 9.00. The van der Waals surface area contributed by atoms with Crippen molar-refractivity contribution in [3.8, 4) is 0 Å². The van der Waals surface area contributed by atoms with Gasteiger partial charge in [0.2, 0.25) is 0 Å². The van der Waals surface area contributed by atoms with Gasteiger partial charge in [0.05, 0.1) is 22.5 Å². The van der Waals surface area contributed by atoms with Gasteiger partial charge in [-0.05, 0) is 24.6 Å². The summed E-state index contributed by atoms with van der Waals surface area (Å²) < 4.78 is 23.5. The number of nitrogens with two attached hydrogens (primary N) is 1. The molecule has 19 heavy (non-hydrogen) atoms. The van der Waals surface area contributed by atoms with Crippen LogP contribution in [0.25, 0.3) is 11.0 Å². The van der Waals surface area contributed by atoms with Crippen LogP contribution in [0.5, 0.6) is 0 Å². The van der Waals surface area contributed by atoms with Crippen LogP contribution in [0.4, 0.5) is 5.69 Å². The largest absolute Gasteiger partial charge is 0.399 e. The zero-order valence-electron chi connectivity index (χ0n) is 11.0. The SMILES string of the molecule is CCCCS(=O)(=O)CCc1nc2ccc(N)cc2[nH]1. The number of fused-ring (bicyclic) bond motifs is 1. The molecular formula is C13H19N3O2S. The van der Waals surface area contributed by atoms with Crippen molar-refractivity contribution in [1.29, 1.82) is 0 Å². The highest BCUT2D eigenvalue weighted by Crippen LogP contribution is 2.15. The van der Waals surface area contributed by atoms with E-state index in [9.17, 15) is 8.42 Å². The highest BCUT2D eigenvalue weighted by atomic mass is 32.2. The lowest BCUT2D eigenvalue weighted by atomic mass is 10.3. The van der Waals surface area contributed by atoms with Crippen LogP contribution >= 0.6 is 0 Å². The molecule has 1 aromatic carbocycles. The van der Waals surface area contributed by atoms with Gasteiger partial charge in [-0.2, -0.15) is 0 Å². The number of imidazole rings is 1. The lowest BCUT2D eigenvalue weighted by Gasteiger charge is -2.01. The number of benzene rings is 1. The van der Waals surface area contributed by atoms with E-state index in [1.54, 1.807) is 12.1 Å². The Kier molecular flexibility index (Phi) is 4.09. The first kappa shape index (κ1) is 13.9. The van der Waals surface area contributed by atoms with Crippen LogP contribution in [0.3, 0.4) is 0 Å². The first-order valence-electron chi connectivity index (χ1n) is 6.45. The van der Waals surface area contributed by atoms with Crippen LogP contribution < -0.4 is 5.73 Å². The highest BCUT2D eigenvalue weighted by Gasteiger charge is 2.12. The molecule has 0 bridgehead atoms. The van der Waals surface area contributed by atoms with Crippen molar-refractivity contribution >= 4 is 26.6 Å². The predicted molar refractivity (Wildman–Crippen MR) is 77.8 cm³/mol. The number of nitrogens with zero attached hydrogens (tertiary/aromatic N) is 1. The van der Waals surface area contributed by atoms with E-state index in [1.165, 1.54) is 0 Å². The number of H-pyrrole nitrogens is 1. The highest BCUT2D eigenvalue weighted by molar-refractivity contribution is 7.91. The van der Waals surface area contributed by atoms with Gasteiger partial charge in [0.25, 0.3) is 0 Å². The van der Waals surface area contributed by atoms with Gasteiger partial charge in [0.15, 0.2) is 9.84 Å². The number of rotatable bonds is 6. The summed E-state index contributed by atoms with van der Waals surface area (Å²) in [5.41, 5.74) is 8.02. The molecule has 1 heterocycles. The summed E-state index contributed by atoms with van der Waals surface area (Å²) in [6, 6.07) is 5.42.